The van der Waals surface area contributed by atoms with Gasteiger partial charge in [0.25, 0.3) is 5.91 Å². The fourth-order valence-electron chi connectivity index (χ4n) is 2.61. The summed E-state index contributed by atoms with van der Waals surface area (Å²) in [5, 5.41) is 9.97. The van der Waals surface area contributed by atoms with Gasteiger partial charge in [-0.15, -0.1) is 0 Å². The Morgan fingerprint density at radius 1 is 1.37 bits per heavy atom. The highest BCUT2D eigenvalue weighted by molar-refractivity contribution is 5.99. The molecule has 2 rings (SSSR count). The molecular formula is C14H20N2O3. The molecule has 0 aliphatic heterocycles. The van der Waals surface area contributed by atoms with Crippen LogP contribution in [0.4, 0.5) is 0 Å². The number of aromatic amines is 1. The fraction of sp³-hybridized carbons (Fsp3) is 0.571. The number of H-pyrrole nitrogens is 1. The molecule has 1 fully saturated rings. The lowest BCUT2D eigenvalue weighted by atomic mass is 9.91. The first-order chi connectivity index (χ1) is 9.00. The smallest absolute Gasteiger partial charge is 0.270 e. The van der Waals surface area contributed by atoms with Gasteiger partial charge >= 0.3 is 0 Å². The molecular weight excluding hydrogens is 244 g/mol. The molecule has 1 amide bonds. The molecule has 0 radical (unpaired) electrons. The van der Waals surface area contributed by atoms with Crippen molar-refractivity contribution < 1.29 is 14.7 Å². The molecule has 0 spiro atoms. The Morgan fingerprint density at radius 2 is 2.05 bits per heavy atom. The van der Waals surface area contributed by atoms with Crippen molar-refractivity contribution in [1.82, 2.24) is 9.88 Å². The summed E-state index contributed by atoms with van der Waals surface area (Å²) in [6.45, 7) is 1.46. The maximum absolute atomic E-state index is 12.3. The molecule has 1 saturated carbocycles. The van der Waals surface area contributed by atoms with Crippen LogP contribution in [0, 0.1) is 0 Å². The summed E-state index contributed by atoms with van der Waals surface area (Å²) in [7, 11) is 1.70. The zero-order valence-electron chi connectivity index (χ0n) is 11.3. The van der Waals surface area contributed by atoms with Crippen LogP contribution in [0.1, 0.15) is 53.5 Å². The van der Waals surface area contributed by atoms with Gasteiger partial charge in [0.1, 0.15) is 5.69 Å². The first-order valence-electron chi connectivity index (χ1n) is 6.65. The summed E-state index contributed by atoms with van der Waals surface area (Å²) in [4.78, 5) is 27.9. The third-order valence-electron chi connectivity index (χ3n) is 3.83. The molecule has 0 bridgehead atoms. The van der Waals surface area contributed by atoms with E-state index in [1.165, 1.54) is 6.92 Å². The number of carbonyl (C=O) groups is 2. The van der Waals surface area contributed by atoms with Gasteiger partial charge in [-0.25, -0.2) is 0 Å². The molecule has 2 N–H and O–H groups in total. The summed E-state index contributed by atoms with van der Waals surface area (Å²) < 4.78 is 0. The lowest BCUT2D eigenvalue weighted by molar-refractivity contribution is 0.0265. The number of aromatic nitrogens is 1. The Morgan fingerprint density at radius 3 is 2.63 bits per heavy atom. The number of hydrogen-bond acceptors (Lipinski definition) is 3. The van der Waals surface area contributed by atoms with Crippen LogP contribution in [0.25, 0.3) is 0 Å². The van der Waals surface area contributed by atoms with Crippen LogP contribution in [-0.4, -0.2) is 45.9 Å². The Kier molecular flexibility index (Phi) is 4.04. The van der Waals surface area contributed by atoms with E-state index < -0.39 is 6.10 Å². The molecule has 5 nitrogen and oxygen atoms in total. The highest BCUT2D eigenvalue weighted by Gasteiger charge is 2.30. The molecule has 2 unspecified atom stereocenters. The summed E-state index contributed by atoms with van der Waals surface area (Å²) >= 11 is 0. The standard InChI is InChI=1S/C14H20N2O3/c1-9(17)10-7-11(15-8-10)14(19)16(2)12-5-3-4-6-13(12)18/h7-8,12-13,15,18H,3-6H2,1-2H3. The van der Waals surface area contributed by atoms with E-state index >= 15 is 0 Å². The second kappa shape index (κ2) is 5.57. The molecule has 1 aliphatic carbocycles. The van der Waals surface area contributed by atoms with Crippen molar-refractivity contribution >= 4 is 11.7 Å². The summed E-state index contributed by atoms with van der Waals surface area (Å²) in [5.41, 5.74) is 0.895. The number of carbonyl (C=O) groups excluding carboxylic acids is 2. The number of aliphatic hydroxyl groups is 1. The van der Waals surface area contributed by atoms with Crippen molar-refractivity contribution in [3.63, 3.8) is 0 Å². The first kappa shape index (κ1) is 13.8. The van der Waals surface area contributed by atoms with E-state index in [1.54, 1.807) is 24.2 Å². The Bertz CT molecular complexity index is 481. The van der Waals surface area contributed by atoms with Crippen molar-refractivity contribution in [3.05, 3.63) is 23.5 Å². The number of hydrogen-bond donors (Lipinski definition) is 2. The third kappa shape index (κ3) is 2.87. The number of ketones is 1. The van der Waals surface area contributed by atoms with E-state index in [1.807, 2.05) is 0 Å². The molecule has 0 aromatic carbocycles. The molecule has 5 heteroatoms. The predicted octanol–water partition coefficient (Wildman–Crippen LogP) is 1.59. The van der Waals surface area contributed by atoms with Gasteiger partial charge in [-0.3, -0.25) is 9.59 Å². The maximum Gasteiger partial charge on any atom is 0.270 e. The van der Waals surface area contributed by atoms with Crippen LogP contribution in [0.5, 0.6) is 0 Å². The highest BCUT2D eigenvalue weighted by Crippen LogP contribution is 2.23. The van der Waals surface area contributed by atoms with Gasteiger partial charge in [-0.05, 0) is 25.8 Å². The summed E-state index contributed by atoms with van der Waals surface area (Å²) in [6.07, 6.45) is 4.69. The largest absolute Gasteiger partial charge is 0.391 e. The van der Waals surface area contributed by atoms with Gasteiger partial charge < -0.3 is 15.0 Å². The number of Topliss-reactive ketones (excluding diaryl/α,β-unsaturated/α-hetero) is 1. The zero-order valence-corrected chi connectivity index (χ0v) is 11.3. The summed E-state index contributed by atoms with van der Waals surface area (Å²) in [5.74, 6) is -0.255. The number of amides is 1. The monoisotopic (exact) mass is 264 g/mol. The maximum atomic E-state index is 12.3. The zero-order chi connectivity index (χ0) is 14.0. The van der Waals surface area contributed by atoms with Gasteiger partial charge in [-0.2, -0.15) is 0 Å². The van der Waals surface area contributed by atoms with Gasteiger partial charge in [0.15, 0.2) is 5.78 Å². The number of aliphatic hydroxyl groups excluding tert-OH is 1. The third-order valence-corrected chi connectivity index (χ3v) is 3.83. The number of rotatable bonds is 3. The van der Waals surface area contributed by atoms with Crippen LogP contribution < -0.4 is 0 Å². The molecule has 1 aliphatic rings. The van der Waals surface area contributed by atoms with E-state index in [2.05, 4.69) is 4.98 Å². The molecule has 104 valence electrons. The number of nitrogens with zero attached hydrogens (tertiary/aromatic N) is 1. The number of nitrogens with one attached hydrogen (secondary N) is 1. The van der Waals surface area contributed by atoms with Crippen LogP contribution in [0.2, 0.25) is 0 Å². The SMILES string of the molecule is CC(=O)c1c[nH]c(C(=O)N(C)C2CCCCC2O)c1. The van der Waals surface area contributed by atoms with E-state index in [-0.39, 0.29) is 17.7 Å². The average Bonchev–Trinajstić information content (AvgIpc) is 2.87. The molecule has 1 heterocycles. The Hall–Kier alpha value is -1.62. The van der Waals surface area contributed by atoms with Crippen LogP contribution >= 0.6 is 0 Å². The molecule has 1 aromatic heterocycles. The predicted molar refractivity (Wildman–Crippen MR) is 71.2 cm³/mol. The molecule has 2 atom stereocenters. The molecule has 19 heavy (non-hydrogen) atoms. The number of likely N-dealkylation sites (N-methyl/N-ethyl adjacent to an activating group) is 1. The Labute approximate surface area is 112 Å². The van der Waals surface area contributed by atoms with Gasteiger partial charge in [0.2, 0.25) is 0 Å². The molecule has 0 saturated heterocycles. The van der Waals surface area contributed by atoms with Crippen molar-refractivity contribution in [3.8, 4) is 0 Å². The van der Waals surface area contributed by atoms with Crippen molar-refractivity contribution in [2.75, 3.05) is 7.05 Å². The second-order valence-corrected chi connectivity index (χ2v) is 5.19. The summed E-state index contributed by atoms with van der Waals surface area (Å²) in [6, 6.07) is 1.43. The highest BCUT2D eigenvalue weighted by atomic mass is 16.3. The normalized spacial score (nSPS) is 23.1. The molecule has 1 aromatic rings. The van der Waals surface area contributed by atoms with E-state index in [4.69, 9.17) is 0 Å². The lowest BCUT2D eigenvalue weighted by Gasteiger charge is -2.34. The van der Waals surface area contributed by atoms with Gasteiger partial charge in [0.05, 0.1) is 12.1 Å². The van der Waals surface area contributed by atoms with Crippen molar-refractivity contribution in [2.24, 2.45) is 0 Å². The minimum Gasteiger partial charge on any atom is -0.391 e. The quantitative estimate of drug-likeness (QED) is 0.814. The van der Waals surface area contributed by atoms with E-state index in [0.717, 1.165) is 25.7 Å². The van der Waals surface area contributed by atoms with Crippen molar-refractivity contribution in [2.45, 2.75) is 44.8 Å². The lowest BCUT2D eigenvalue weighted by Crippen LogP contribution is -2.46. The van der Waals surface area contributed by atoms with Gasteiger partial charge in [-0.1, -0.05) is 12.8 Å². The van der Waals surface area contributed by atoms with Crippen LogP contribution in [0.15, 0.2) is 12.3 Å². The minimum absolute atomic E-state index is 0.0735. The Balaban J connectivity index is 2.11. The van der Waals surface area contributed by atoms with E-state index in [0.29, 0.717) is 11.3 Å². The minimum atomic E-state index is -0.454. The van der Waals surface area contributed by atoms with Crippen molar-refractivity contribution in [1.29, 1.82) is 0 Å². The van der Waals surface area contributed by atoms with Gasteiger partial charge in [0, 0.05) is 18.8 Å². The van der Waals surface area contributed by atoms with E-state index in [9.17, 15) is 14.7 Å². The average molecular weight is 264 g/mol. The van der Waals surface area contributed by atoms with Crippen LogP contribution in [-0.2, 0) is 0 Å². The van der Waals surface area contributed by atoms with Crippen LogP contribution in [0.3, 0.4) is 0 Å². The topological polar surface area (TPSA) is 73.4 Å². The first-order valence-corrected chi connectivity index (χ1v) is 6.65. The second-order valence-electron chi connectivity index (χ2n) is 5.19. The fourth-order valence-corrected chi connectivity index (χ4v) is 2.61.